The molecule has 0 bridgehead atoms. The molecule has 0 fully saturated rings. The number of carbonyl (C=O) groups is 4. The molecule has 0 aromatic heterocycles. The van der Waals surface area contributed by atoms with Gasteiger partial charge in [-0.05, 0) is 34.6 Å². The van der Waals surface area contributed by atoms with Gasteiger partial charge in [0.05, 0.1) is 25.4 Å². The number of aliphatic hydroxyl groups excluding tert-OH is 3. The quantitative estimate of drug-likeness (QED) is 0.111. The largest absolute Gasteiger partial charge is 0.454 e. The minimum absolute atomic E-state index is 0.0526. The van der Waals surface area contributed by atoms with E-state index in [1.54, 1.807) is 0 Å². The molecule has 1 unspecified atom stereocenters. The van der Waals surface area contributed by atoms with Crippen LogP contribution in [0.4, 0.5) is 0 Å². The van der Waals surface area contributed by atoms with Crippen molar-refractivity contribution in [2.75, 3.05) is 26.4 Å². The molecule has 1 atom stereocenters. The van der Waals surface area contributed by atoms with Crippen molar-refractivity contribution in [1.29, 1.82) is 0 Å². The lowest BCUT2D eigenvalue weighted by Crippen LogP contribution is -2.63. The Labute approximate surface area is 197 Å². The van der Waals surface area contributed by atoms with Crippen LogP contribution in [0.15, 0.2) is 47.8 Å². The van der Waals surface area contributed by atoms with Crippen molar-refractivity contribution < 1.29 is 53.4 Å². The summed E-state index contributed by atoms with van der Waals surface area (Å²) in [7, 11) is 0. The molecule has 190 valence electrons. The van der Waals surface area contributed by atoms with Crippen LogP contribution in [0, 0.1) is 5.41 Å². The van der Waals surface area contributed by atoms with Crippen molar-refractivity contribution >= 4 is 23.9 Å². The number of aliphatic hydroxyl groups is 3. The zero-order valence-corrected chi connectivity index (χ0v) is 20.1. The monoisotopic (exact) mass is 484 g/mol. The number of esters is 4. The summed E-state index contributed by atoms with van der Waals surface area (Å²) in [5.74, 6) is -7.12. The van der Waals surface area contributed by atoms with Crippen molar-refractivity contribution in [1.82, 2.24) is 0 Å². The summed E-state index contributed by atoms with van der Waals surface area (Å²) < 4.78 is 20.7. The summed E-state index contributed by atoms with van der Waals surface area (Å²) in [6.07, 6.45) is 0. The lowest BCUT2D eigenvalue weighted by atomic mass is 9.81. The third-order valence-electron chi connectivity index (χ3n) is 4.75. The Morgan fingerprint density at radius 2 is 1.09 bits per heavy atom. The maximum absolute atomic E-state index is 13.0. The average Bonchev–Trinajstić information content (AvgIpc) is 2.77. The second kappa shape index (κ2) is 12.8. The maximum Gasteiger partial charge on any atom is 0.340 e. The maximum atomic E-state index is 13.0. The second-order valence-corrected chi connectivity index (χ2v) is 7.77. The second-order valence-electron chi connectivity index (χ2n) is 7.77. The third-order valence-corrected chi connectivity index (χ3v) is 4.75. The Bertz CT molecular complexity index is 884. The minimum atomic E-state index is -2.73. The van der Waals surface area contributed by atoms with Crippen molar-refractivity contribution in [3.8, 4) is 0 Å². The van der Waals surface area contributed by atoms with E-state index in [1.165, 1.54) is 34.6 Å². The molecule has 0 aliphatic rings. The van der Waals surface area contributed by atoms with Crippen molar-refractivity contribution in [3.05, 3.63) is 47.8 Å². The van der Waals surface area contributed by atoms with Gasteiger partial charge in [-0.2, -0.15) is 0 Å². The van der Waals surface area contributed by atoms with Gasteiger partial charge in [-0.1, -0.05) is 19.7 Å². The Morgan fingerprint density at radius 1 is 0.676 bits per heavy atom. The average molecular weight is 484 g/mol. The van der Waals surface area contributed by atoms with E-state index in [0.717, 1.165) is 0 Å². The summed E-state index contributed by atoms with van der Waals surface area (Å²) in [5.41, 5.74) is -2.71. The highest BCUT2D eigenvalue weighted by Crippen LogP contribution is 2.38. The number of allylic oxidation sites excluding steroid dienone is 1. The van der Waals surface area contributed by atoms with Gasteiger partial charge in [-0.3, -0.25) is 0 Å². The van der Waals surface area contributed by atoms with Crippen LogP contribution in [0.2, 0.25) is 0 Å². The SMILES string of the molecule is C=C(C)C(=O)OCC(OC(=O)C(=C)C)(OC(=O)/C(C)=C(\C)OC(=O)C(=C)C)C(CO)(CO)CO. The van der Waals surface area contributed by atoms with E-state index < -0.39 is 61.5 Å². The van der Waals surface area contributed by atoms with Crippen LogP contribution < -0.4 is 0 Å². The molecule has 0 radical (unpaired) electrons. The van der Waals surface area contributed by atoms with Crippen molar-refractivity contribution in [2.24, 2.45) is 5.41 Å². The van der Waals surface area contributed by atoms with Crippen LogP contribution in [0.25, 0.3) is 0 Å². The standard InChI is InChI=1S/C23H32O11/c1-13(2)18(27)31-12-23(33-20(29)15(5)6,22(9-24,10-25)11-26)34-21(30)16(7)17(8)32-19(28)14(3)4/h24-26H,1,3,5,9-12H2,2,4,6-8H3/b17-16+. The molecule has 0 spiro atoms. The van der Waals surface area contributed by atoms with Gasteiger partial charge in [0.15, 0.2) is 6.61 Å². The minimum Gasteiger partial charge on any atom is -0.454 e. The summed E-state index contributed by atoms with van der Waals surface area (Å²) in [6.45, 7) is 12.4. The summed E-state index contributed by atoms with van der Waals surface area (Å²) in [6, 6.07) is 0. The molecule has 3 N–H and O–H groups in total. The predicted molar refractivity (Wildman–Crippen MR) is 118 cm³/mol. The van der Waals surface area contributed by atoms with E-state index in [1.807, 2.05) is 0 Å². The third kappa shape index (κ3) is 7.37. The molecule has 0 amide bonds. The van der Waals surface area contributed by atoms with Gasteiger partial charge in [0, 0.05) is 16.7 Å². The molecule has 0 aliphatic heterocycles. The van der Waals surface area contributed by atoms with Gasteiger partial charge in [-0.15, -0.1) is 0 Å². The number of carbonyl (C=O) groups excluding carboxylic acids is 4. The lowest BCUT2D eigenvalue weighted by Gasteiger charge is -2.44. The molecular weight excluding hydrogens is 452 g/mol. The predicted octanol–water partition coefficient (Wildman–Crippen LogP) is 0.841. The summed E-state index contributed by atoms with van der Waals surface area (Å²) in [4.78, 5) is 49.2. The van der Waals surface area contributed by atoms with Gasteiger partial charge in [0.25, 0.3) is 0 Å². The van der Waals surface area contributed by atoms with Crippen LogP contribution in [-0.4, -0.2) is 71.4 Å². The van der Waals surface area contributed by atoms with Crippen LogP contribution in [0.5, 0.6) is 0 Å². The van der Waals surface area contributed by atoms with Crippen LogP contribution in [0.3, 0.4) is 0 Å². The normalized spacial score (nSPS) is 13.5. The molecule has 0 saturated heterocycles. The molecule has 0 rings (SSSR count). The summed E-state index contributed by atoms with van der Waals surface area (Å²) in [5, 5.41) is 30.0. The Hall–Kier alpha value is -3.28. The smallest absolute Gasteiger partial charge is 0.340 e. The first-order valence-corrected chi connectivity index (χ1v) is 9.96. The number of ether oxygens (including phenoxy) is 4. The molecule has 11 nitrogen and oxygen atoms in total. The van der Waals surface area contributed by atoms with Gasteiger partial charge >= 0.3 is 29.7 Å². The topological polar surface area (TPSA) is 166 Å². The molecule has 0 aliphatic carbocycles. The molecule has 0 aromatic rings. The highest BCUT2D eigenvalue weighted by atomic mass is 16.8. The molecular formula is C23H32O11. The molecule has 0 heterocycles. The lowest BCUT2D eigenvalue weighted by molar-refractivity contribution is -0.303. The van der Waals surface area contributed by atoms with E-state index in [9.17, 15) is 34.5 Å². The van der Waals surface area contributed by atoms with E-state index in [2.05, 4.69) is 19.7 Å². The summed E-state index contributed by atoms with van der Waals surface area (Å²) >= 11 is 0. The Balaban J connectivity index is 6.69. The fraction of sp³-hybridized carbons (Fsp3) is 0.478. The van der Waals surface area contributed by atoms with Crippen LogP contribution in [0.1, 0.15) is 34.6 Å². The molecule has 0 aromatic carbocycles. The number of rotatable bonds is 13. The zero-order chi connectivity index (χ0) is 26.9. The molecule has 11 heteroatoms. The van der Waals surface area contributed by atoms with Gasteiger partial charge in [-0.25, -0.2) is 19.2 Å². The fourth-order valence-electron chi connectivity index (χ4n) is 2.15. The number of hydrogen-bond acceptors (Lipinski definition) is 11. The molecule has 0 saturated carbocycles. The van der Waals surface area contributed by atoms with Crippen LogP contribution >= 0.6 is 0 Å². The first-order chi connectivity index (χ1) is 15.6. The van der Waals surface area contributed by atoms with Crippen molar-refractivity contribution in [2.45, 2.75) is 40.4 Å². The van der Waals surface area contributed by atoms with E-state index in [4.69, 9.17) is 18.9 Å². The van der Waals surface area contributed by atoms with E-state index in [-0.39, 0.29) is 28.1 Å². The Kier molecular flexibility index (Phi) is 11.6. The highest BCUT2D eigenvalue weighted by molar-refractivity contribution is 5.92. The van der Waals surface area contributed by atoms with Gasteiger partial charge in [0.1, 0.15) is 11.2 Å². The van der Waals surface area contributed by atoms with Crippen LogP contribution in [-0.2, 0) is 38.1 Å². The number of hydrogen-bond donors (Lipinski definition) is 3. The fourth-order valence-corrected chi connectivity index (χ4v) is 2.15. The van der Waals surface area contributed by atoms with Gasteiger partial charge < -0.3 is 34.3 Å². The van der Waals surface area contributed by atoms with E-state index in [0.29, 0.717) is 0 Å². The highest BCUT2D eigenvalue weighted by Gasteiger charge is 2.59. The van der Waals surface area contributed by atoms with Crippen molar-refractivity contribution in [3.63, 3.8) is 0 Å². The Morgan fingerprint density at radius 3 is 1.47 bits per heavy atom. The molecule has 34 heavy (non-hydrogen) atoms. The first kappa shape index (κ1) is 30.7. The zero-order valence-electron chi connectivity index (χ0n) is 20.1. The first-order valence-electron chi connectivity index (χ1n) is 9.96. The van der Waals surface area contributed by atoms with E-state index >= 15 is 0 Å². The van der Waals surface area contributed by atoms with Gasteiger partial charge in [0.2, 0.25) is 0 Å².